The van der Waals surface area contributed by atoms with E-state index in [2.05, 4.69) is 5.32 Å². The first kappa shape index (κ1) is 14.6. The van der Waals surface area contributed by atoms with Gasteiger partial charge in [-0.15, -0.1) is 12.4 Å². The minimum atomic E-state index is -2.69. The van der Waals surface area contributed by atoms with Crippen LogP contribution in [0, 0.1) is 11.8 Å². The molecular formula is C11H18ClF2NO2. The maximum absolute atomic E-state index is 13.5. The highest BCUT2D eigenvalue weighted by atomic mass is 35.5. The zero-order valence-corrected chi connectivity index (χ0v) is 10.6. The predicted molar refractivity (Wildman–Crippen MR) is 61.4 cm³/mol. The minimum Gasteiger partial charge on any atom is -0.466 e. The first-order valence-electron chi connectivity index (χ1n) is 5.84. The summed E-state index contributed by atoms with van der Waals surface area (Å²) in [4.78, 5) is 11.2. The van der Waals surface area contributed by atoms with E-state index in [-0.39, 0.29) is 31.5 Å². The second-order valence-electron chi connectivity index (χ2n) is 4.52. The van der Waals surface area contributed by atoms with Crippen LogP contribution in [0.1, 0.15) is 26.2 Å². The summed E-state index contributed by atoms with van der Waals surface area (Å²) in [6.07, 6.45) is 1.59. The van der Waals surface area contributed by atoms with Crippen LogP contribution in [-0.2, 0) is 9.53 Å². The first-order chi connectivity index (χ1) is 7.57. The summed E-state index contributed by atoms with van der Waals surface area (Å²) >= 11 is 0. The molecule has 1 aliphatic carbocycles. The Bertz CT molecular complexity index is 283. The molecule has 0 aromatic rings. The van der Waals surface area contributed by atoms with Crippen LogP contribution in [0.15, 0.2) is 0 Å². The largest absolute Gasteiger partial charge is 0.466 e. The van der Waals surface area contributed by atoms with E-state index in [0.717, 1.165) is 19.4 Å². The van der Waals surface area contributed by atoms with Gasteiger partial charge in [0, 0.05) is 17.9 Å². The van der Waals surface area contributed by atoms with Crippen molar-refractivity contribution in [1.82, 2.24) is 5.32 Å². The van der Waals surface area contributed by atoms with Gasteiger partial charge in [-0.25, -0.2) is 8.78 Å². The van der Waals surface area contributed by atoms with Crippen LogP contribution in [0.5, 0.6) is 0 Å². The maximum Gasteiger partial charge on any atom is 0.306 e. The Labute approximate surface area is 106 Å². The van der Waals surface area contributed by atoms with Crippen LogP contribution < -0.4 is 5.32 Å². The van der Waals surface area contributed by atoms with E-state index in [9.17, 15) is 13.6 Å². The molecule has 1 saturated carbocycles. The number of nitrogens with one attached hydrogen (secondary N) is 1. The van der Waals surface area contributed by atoms with Crippen LogP contribution >= 0.6 is 12.4 Å². The average molecular weight is 270 g/mol. The number of rotatable bonds is 4. The lowest BCUT2D eigenvalue weighted by atomic mass is 10.1. The molecule has 3 unspecified atom stereocenters. The molecule has 1 saturated heterocycles. The molecule has 0 radical (unpaired) electrons. The van der Waals surface area contributed by atoms with Gasteiger partial charge in [0.05, 0.1) is 13.0 Å². The Morgan fingerprint density at radius 2 is 2.24 bits per heavy atom. The quantitative estimate of drug-likeness (QED) is 0.794. The predicted octanol–water partition coefficient (Wildman–Crippen LogP) is 1.99. The highest BCUT2D eigenvalue weighted by Gasteiger charge is 2.70. The summed E-state index contributed by atoms with van der Waals surface area (Å²) in [5.41, 5.74) is 0. The van der Waals surface area contributed by atoms with Crippen molar-refractivity contribution in [3.05, 3.63) is 0 Å². The van der Waals surface area contributed by atoms with Gasteiger partial charge in [-0.3, -0.25) is 4.79 Å². The summed E-state index contributed by atoms with van der Waals surface area (Å²) in [6, 6.07) is -0.116. The molecule has 100 valence electrons. The zero-order valence-electron chi connectivity index (χ0n) is 9.75. The van der Waals surface area contributed by atoms with Crippen molar-refractivity contribution >= 4 is 18.4 Å². The SMILES string of the molecule is CCOC(=O)CC1C(C2CCCN2)C1(F)F.Cl. The molecule has 3 nitrogen and oxygen atoms in total. The summed E-state index contributed by atoms with van der Waals surface area (Å²) in [7, 11) is 0. The van der Waals surface area contributed by atoms with E-state index >= 15 is 0 Å². The normalized spacial score (nSPS) is 33.9. The number of esters is 1. The van der Waals surface area contributed by atoms with Gasteiger partial charge in [0.15, 0.2) is 0 Å². The average Bonchev–Trinajstić information content (AvgIpc) is 2.65. The summed E-state index contributed by atoms with van der Waals surface area (Å²) in [5, 5.41) is 3.08. The van der Waals surface area contributed by atoms with Gasteiger partial charge in [0.1, 0.15) is 0 Å². The van der Waals surface area contributed by atoms with Gasteiger partial charge in [-0.1, -0.05) is 0 Å². The number of hydrogen-bond acceptors (Lipinski definition) is 3. The molecule has 6 heteroatoms. The standard InChI is InChI=1S/C11H17F2NO2.ClH/c1-2-16-9(15)6-7-10(11(7,12)13)8-4-3-5-14-8;/h7-8,10,14H,2-6H2,1H3;1H. The highest BCUT2D eigenvalue weighted by Crippen LogP contribution is 2.59. The van der Waals surface area contributed by atoms with Crippen molar-refractivity contribution in [3.8, 4) is 0 Å². The van der Waals surface area contributed by atoms with E-state index < -0.39 is 23.7 Å². The lowest BCUT2D eigenvalue weighted by molar-refractivity contribution is -0.144. The lowest BCUT2D eigenvalue weighted by Gasteiger charge is -2.07. The molecule has 0 aromatic carbocycles. The van der Waals surface area contributed by atoms with E-state index in [1.54, 1.807) is 6.92 Å². The smallest absolute Gasteiger partial charge is 0.306 e. The van der Waals surface area contributed by atoms with E-state index in [1.165, 1.54) is 0 Å². The van der Waals surface area contributed by atoms with Crippen molar-refractivity contribution in [3.63, 3.8) is 0 Å². The molecule has 2 fully saturated rings. The third-order valence-corrected chi connectivity index (χ3v) is 3.49. The molecule has 0 spiro atoms. The second kappa shape index (κ2) is 5.48. The number of carbonyl (C=O) groups excluding carboxylic acids is 1. The van der Waals surface area contributed by atoms with Crippen LogP contribution in [0.25, 0.3) is 0 Å². The lowest BCUT2D eigenvalue weighted by Crippen LogP contribution is -2.26. The number of alkyl halides is 2. The molecule has 3 atom stereocenters. The summed E-state index contributed by atoms with van der Waals surface area (Å²) < 4.78 is 31.6. The number of carbonyl (C=O) groups is 1. The topological polar surface area (TPSA) is 38.3 Å². The molecule has 2 aliphatic rings. The van der Waals surface area contributed by atoms with Crippen LogP contribution in [0.2, 0.25) is 0 Å². The third-order valence-electron chi connectivity index (χ3n) is 3.49. The number of hydrogen-bond donors (Lipinski definition) is 1. The fraction of sp³-hybridized carbons (Fsp3) is 0.909. The molecule has 0 aromatic heterocycles. The molecule has 2 rings (SSSR count). The minimum absolute atomic E-state index is 0. The third kappa shape index (κ3) is 2.88. The van der Waals surface area contributed by atoms with Gasteiger partial charge in [0.25, 0.3) is 5.92 Å². The van der Waals surface area contributed by atoms with Crippen LogP contribution in [0.4, 0.5) is 8.78 Å². The number of ether oxygens (including phenoxy) is 1. The van der Waals surface area contributed by atoms with Crippen molar-refractivity contribution < 1.29 is 18.3 Å². The monoisotopic (exact) mass is 269 g/mol. The van der Waals surface area contributed by atoms with E-state index in [4.69, 9.17) is 4.74 Å². The Balaban J connectivity index is 0.00000144. The van der Waals surface area contributed by atoms with Gasteiger partial charge >= 0.3 is 5.97 Å². The molecule has 17 heavy (non-hydrogen) atoms. The molecule has 1 N–H and O–H groups in total. The van der Waals surface area contributed by atoms with Crippen molar-refractivity contribution in [2.24, 2.45) is 11.8 Å². The highest BCUT2D eigenvalue weighted by molar-refractivity contribution is 5.85. The van der Waals surface area contributed by atoms with Gasteiger partial charge < -0.3 is 10.1 Å². The van der Waals surface area contributed by atoms with Gasteiger partial charge in [-0.2, -0.15) is 0 Å². The Kier molecular flexibility index (Phi) is 4.72. The molecule has 0 amide bonds. The van der Waals surface area contributed by atoms with Crippen LogP contribution in [-0.4, -0.2) is 31.1 Å². The van der Waals surface area contributed by atoms with Crippen molar-refractivity contribution in [2.45, 2.75) is 38.2 Å². The summed E-state index contributed by atoms with van der Waals surface area (Å²) in [6.45, 7) is 2.74. The molecule has 1 aliphatic heterocycles. The number of halogens is 3. The Hall–Kier alpha value is -0.420. The fourth-order valence-electron chi connectivity index (χ4n) is 2.65. The zero-order chi connectivity index (χ0) is 11.8. The Morgan fingerprint density at radius 3 is 2.76 bits per heavy atom. The fourth-order valence-corrected chi connectivity index (χ4v) is 2.65. The van der Waals surface area contributed by atoms with Crippen molar-refractivity contribution in [2.75, 3.05) is 13.2 Å². The molecule has 0 bridgehead atoms. The Morgan fingerprint density at radius 1 is 1.53 bits per heavy atom. The molecule has 1 heterocycles. The van der Waals surface area contributed by atoms with Gasteiger partial charge in [0.2, 0.25) is 0 Å². The first-order valence-corrected chi connectivity index (χ1v) is 5.84. The van der Waals surface area contributed by atoms with E-state index in [1.807, 2.05) is 0 Å². The summed E-state index contributed by atoms with van der Waals surface area (Å²) in [5.74, 6) is -4.68. The van der Waals surface area contributed by atoms with Crippen LogP contribution in [0.3, 0.4) is 0 Å². The van der Waals surface area contributed by atoms with E-state index in [0.29, 0.717) is 0 Å². The molecular weight excluding hydrogens is 252 g/mol. The maximum atomic E-state index is 13.5. The second-order valence-corrected chi connectivity index (χ2v) is 4.52. The van der Waals surface area contributed by atoms with Gasteiger partial charge in [-0.05, 0) is 26.3 Å². The van der Waals surface area contributed by atoms with Crippen molar-refractivity contribution in [1.29, 1.82) is 0 Å².